The molecule has 0 saturated heterocycles. The van der Waals surface area contributed by atoms with Gasteiger partial charge in [-0.05, 0) is 50.3 Å². The van der Waals surface area contributed by atoms with Crippen molar-refractivity contribution in [2.24, 2.45) is 11.7 Å². The van der Waals surface area contributed by atoms with E-state index >= 15 is 0 Å². The average molecular weight is 292 g/mol. The molecule has 1 aliphatic rings. The molecule has 0 bridgehead atoms. The first-order valence-electron chi connectivity index (χ1n) is 7.82. The van der Waals surface area contributed by atoms with E-state index in [1.54, 1.807) is 6.07 Å². The summed E-state index contributed by atoms with van der Waals surface area (Å²) in [5.74, 6) is -0.0978. The maximum absolute atomic E-state index is 13.6. The van der Waals surface area contributed by atoms with Gasteiger partial charge in [0.2, 0.25) is 5.91 Å². The molecule has 2 N–H and O–H groups in total. The third-order valence-corrected chi connectivity index (χ3v) is 4.78. The fraction of sp³-hybridized carbons (Fsp3) is 0.588. The smallest absolute Gasteiger partial charge is 0.233 e. The van der Waals surface area contributed by atoms with Crippen molar-refractivity contribution in [3.05, 3.63) is 35.6 Å². The van der Waals surface area contributed by atoms with Crippen molar-refractivity contribution >= 4 is 5.91 Å². The Bertz CT molecular complexity index is 515. The van der Waals surface area contributed by atoms with Crippen LogP contribution in [0.25, 0.3) is 0 Å². The van der Waals surface area contributed by atoms with E-state index in [1.165, 1.54) is 12.1 Å². The molecule has 0 aromatic heterocycles. The second-order valence-electron chi connectivity index (χ2n) is 5.84. The number of amides is 1. The number of hydrogen-bond acceptors (Lipinski definition) is 2. The molecule has 1 aromatic rings. The lowest BCUT2D eigenvalue weighted by Gasteiger charge is -2.27. The highest BCUT2D eigenvalue weighted by Gasteiger charge is 2.63. The molecular weight excluding hydrogens is 267 g/mol. The third kappa shape index (κ3) is 2.69. The summed E-state index contributed by atoms with van der Waals surface area (Å²) in [6, 6.07) is 6.41. The van der Waals surface area contributed by atoms with E-state index in [9.17, 15) is 9.18 Å². The van der Waals surface area contributed by atoms with Crippen LogP contribution in [0, 0.1) is 11.7 Å². The molecule has 1 saturated carbocycles. The Labute approximate surface area is 126 Å². The zero-order chi connectivity index (χ0) is 15.6. The molecule has 2 rings (SSSR count). The topological polar surface area (TPSA) is 46.3 Å². The Morgan fingerprint density at radius 3 is 2.62 bits per heavy atom. The van der Waals surface area contributed by atoms with Crippen molar-refractivity contribution < 1.29 is 9.18 Å². The molecule has 1 aliphatic carbocycles. The van der Waals surface area contributed by atoms with Crippen LogP contribution in [0.4, 0.5) is 4.39 Å². The van der Waals surface area contributed by atoms with Crippen LogP contribution < -0.4 is 5.73 Å². The zero-order valence-electron chi connectivity index (χ0n) is 13.1. The molecule has 0 aliphatic heterocycles. The Balaban J connectivity index is 2.40. The Kier molecular flexibility index (Phi) is 4.67. The summed E-state index contributed by atoms with van der Waals surface area (Å²) in [5.41, 5.74) is 6.34. The fourth-order valence-electron chi connectivity index (χ4n) is 3.35. The van der Waals surface area contributed by atoms with Crippen molar-refractivity contribution in [1.82, 2.24) is 4.90 Å². The van der Waals surface area contributed by atoms with Gasteiger partial charge in [0.15, 0.2) is 0 Å². The molecule has 1 amide bonds. The fourth-order valence-corrected chi connectivity index (χ4v) is 3.35. The van der Waals surface area contributed by atoms with Crippen LogP contribution in [-0.4, -0.2) is 29.9 Å². The molecular formula is C17H25FN2O. The van der Waals surface area contributed by atoms with Crippen molar-refractivity contribution in [2.45, 2.75) is 45.1 Å². The van der Waals surface area contributed by atoms with Gasteiger partial charge in [0, 0.05) is 19.1 Å². The first kappa shape index (κ1) is 16.0. The second-order valence-corrected chi connectivity index (χ2v) is 5.84. The number of hydrogen-bond donors (Lipinski definition) is 1. The number of rotatable bonds is 6. The monoisotopic (exact) mass is 292 g/mol. The minimum atomic E-state index is -0.621. The van der Waals surface area contributed by atoms with E-state index in [-0.39, 0.29) is 23.7 Å². The van der Waals surface area contributed by atoms with Gasteiger partial charge in [0.1, 0.15) is 5.82 Å². The van der Waals surface area contributed by atoms with Gasteiger partial charge in [0.05, 0.1) is 5.41 Å². The van der Waals surface area contributed by atoms with Gasteiger partial charge < -0.3 is 10.6 Å². The first-order valence-corrected chi connectivity index (χ1v) is 7.82. The number of halogens is 1. The standard InChI is InChI=1S/C17H25FN2O/c1-4-15(19)14-11-17(14,16(21)20(5-2)6-3)12-8-7-9-13(18)10-12/h7-10,14-15H,4-6,11,19H2,1-3H3/t14-,15?,17+/m0/s1. The number of benzene rings is 1. The molecule has 1 aromatic carbocycles. The molecule has 0 spiro atoms. The van der Waals surface area contributed by atoms with Crippen LogP contribution in [0.1, 0.15) is 39.2 Å². The summed E-state index contributed by atoms with van der Waals surface area (Å²) in [5, 5.41) is 0. The Morgan fingerprint density at radius 1 is 1.43 bits per heavy atom. The Morgan fingerprint density at radius 2 is 2.10 bits per heavy atom. The third-order valence-electron chi connectivity index (χ3n) is 4.78. The van der Waals surface area contributed by atoms with Crippen molar-refractivity contribution in [1.29, 1.82) is 0 Å². The first-order chi connectivity index (χ1) is 10.0. The van der Waals surface area contributed by atoms with Crippen LogP contribution in [0.15, 0.2) is 24.3 Å². The molecule has 3 atom stereocenters. The minimum absolute atomic E-state index is 0.0206. The predicted molar refractivity (Wildman–Crippen MR) is 82.4 cm³/mol. The lowest BCUT2D eigenvalue weighted by atomic mass is 9.88. The van der Waals surface area contributed by atoms with E-state index in [1.807, 2.05) is 31.7 Å². The van der Waals surface area contributed by atoms with Crippen LogP contribution >= 0.6 is 0 Å². The molecule has 0 heterocycles. The van der Waals surface area contributed by atoms with Gasteiger partial charge in [-0.2, -0.15) is 0 Å². The van der Waals surface area contributed by atoms with Gasteiger partial charge >= 0.3 is 0 Å². The van der Waals surface area contributed by atoms with Gasteiger partial charge in [-0.1, -0.05) is 19.1 Å². The van der Waals surface area contributed by atoms with Crippen LogP contribution in [0.5, 0.6) is 0 Å². The number of carbonyl (C=O) groups is 1. The molecule has 4 heteroatoms. The van der Waals surface area contributed by atoms with Gasteiger partial charge in [0.25, 0.3) is 0 Å². The highest BCUT2D eigenvalue weighted by atomic mass is 19.1. The highest BCUT2D eigenvalue weighted by Crippen LogP contribution is 2.57. The van der Waals surface area contributed by atoms with Crippen molar-refractivity contribution in [3.8, 4) is 0 Å². The zero-order valence-corrected chi connectivity index (χ0v) is 13.1. The van der Waals surface area contributed by atoms with Gasteiger partial charge in [-0.15, -0.1) is 0 Å². The number of likely N-dealkylation sites (N-methyl/N-ethyl adjacent to an activating group) is 1. The molecule has 0 radical (unpaired) electrons. The molecule has 21 heavy (non-hydrogen) atoms. The molecule has 1 unspecified atom stereocenters. The van der Waals surface area contributed by atoms with Crippen molar-refractivity contribution in [2.75, 3.05) is 13.1 Å². The van der Waals surface area contributed by atoms with E-state index in [0.29, 0.717) is 13.1 Å². The number of nitrogens with zero attached hydrogens (tertiary/aromatic N) is 1. The van der Waals surface area contributed by atoms with E-state index < -0.39 is 5.41 Å². The quantitative estimate of drug-likeness (QED) is 0.876. The Hall–Kier alpha value is -1.42. The average Bonchev–Trinajstić information content (AvgIpc) is 3.24. The summed E-state index contributed by atoms with van der Waals surface area (Å²) >= 11 is 0. The summed E-state index contributed by atoms with van der Waals surface area (Å²) in [6.07, 6.45) is 1.55. The number of carbonyl (C=O) groups excluding carboxylic acids is 1. The van der Waals surface area contributed by atoms with Gasteiger partial charge in [-0.25, -0.2) is 4.39 Å². The van der Waals surface area contributed by atoms with Gasteiger partial charge in [-0.3, -0.25) is 4.79 Å². The minimum Gasteiger partial charge on any atom is -0.342 e. The van der Waals surface area contributed by atoms with E-state index in [2.05, 4.69) is 0 Å². The summed E-state index contributed by atoms with van der Waals surface area (Å²) in [7, 11) is 0. The lowest BCUT2D eigenvalue weighted by Crippen LogP contribution is -2.42. The van der Waals surface area contributed by atoms with Crippen molar-refractivity contribution in [3.63, 3.8) is 0 Å². The summed E-state index contributed by atoms with van der Waals surface area (Å²) in [4.78, 5) is 14.8. The second kappa shape index (κ2) is 6.14. The van der Waals surface area contributed by atoms with Crippen LogP contribution in [0.3, 0.4) is 0 Å². The molecule has 1 fully saturated rings. The molecule has 116 valence electrons. The number of nitrogens with two attached hydrogens (primary N) is 1. The SMILES string of the molecule is CCC(N)[C@@H]1C[C@@]1(C(=O)N(CC)CC)c1cccc(F)c1. The predicted octanol–water partition coefficient (Wildman–Crippen LogP) is 2.69. The highest BCUT2D eigenvalue weighted by molar-refractivity contribution is 5.92. The van der Waals surface area contributed by atoms with Crippen LogP contribution in [0.2, 0.25) is 0 Å². The van der Waals surface area contributed by atoms with Crippen LogP contribution in [-0.2, 0) is 10.2 Å². The normalized spacial score (nSPS) is 25.5. The maximum atomic E-state index is 13.6. The lowest BCUT2D eigenvalue weighted by molar-refractivity contribution is -0.134. The largest absolute Gasteiger partial charge is 0.342 e. The molecule has 3 nitrogen and oxygen atoms in total. The summed E-state index contributed by atoms with van der Waals surface area (Å²) < 4.78 is 13.6. The van der Waals surface area contributed by atoms with E-state index in [4.69, 9.17) is 5.73 Å². The van der Waals surface area contributed by atoms with E-state index in [0.717, 1.165) is 18.4 Å². The maximum Gasteiger partial charge on any atom is 0.233 e. The summed E-state index contributed by atoms with van der Waals surface area (Å²) in [6.45, 7) is 7.30.